The summed E-state index contributed by atoms with van der Waals surface area (Å²) in [7, 11) is -3.30. The molecular weight excluding hydrogens is 232 g/mol. The van der Waals surface area contributed by atoms with E-state index < -0.39 is 15.1 Å². The highest BCUT2D eigenvalue weighted by Crippen LogP contribution is 2.22. The Morgan fingerprint density at radius 1 is 1.12 bits per heavy atom. The molecule has 0 radical (unpaired) electrons. The van der Waals surface area contributed by atoms with Gasteiger partial charge in [-0.05, 0) is 29.8 Å². The molecule has 0 amide bonds. The monoisotopic (exact) mass is 246 g/mol. The molecule has 0 bridgehead atoms. The van der Waals surface area contributed by atoms with Crippen molar-refractivity contribution in [3.8, 4) is 0 Å². The fourth-order valence-corrected chi connectivity index (χ4v) is 2.92. The van der Waals surface area contributed by atoms with Crippen molar-refractivity contribution in [1.29, 1.82) is 0 Å². The van der Waals surface area contributed by atoms with E-state index in [1.807, 2.05) is 30.3 Å². The predicted octanol–water partition coefficient (Wildman–Crippen LogP) is 3.19. The van der Waals surface area contributed by atoms with E-state index in [1.54, 1.807) is 19.1 Å². The van der Waals surface area contributed by atoms with Crippen LogP contribution in [0.1, 0.15) is 6.92 Å². The molecule has 0 N–H and O–H groups in total. The third kappa shape index (κ3) is 2.11. The first-order valence-electron chi connectivity index (χ1n) is 5.41. The van der Waals surface area contributed by atoms with E-state index >= 15 is 0 Å². The second kappa shape index (κ2) is 4.34. The van der Waals surface area contributed by atoms with Crippen molar-refractivity contribution >= 4 is 20.6 Å². The van der Waals surface area contributed by atoms with Crippen LogP contribution in [0.15, 0.2) is 60.0 Å². The van der Waals surface area contributed by atoms with E-state index in [-0.39, 0.29) is 0 Å². The van der Waals surface area contributed by atoms with Crippen LogP contribution in [-0.2, 0) is 9.84 Å². The maximum Gasteiger partial charge on any atom is 0.184 e. The van der Waals surface area contributed by atoms with E-state index in [0.29, 0.717) is 4.90 Å². The van der Waals surface area contributed by atoms with Gasteiger partial charge in [-0.25, -0.2) is 8.42 Å². The zero-order valence-corrected chi connectivity index (χ0v) is 10.4. The number of sulfone groups is 1. The molecule has 0 aliphatic carbocycles. The summed E-state index contributed by atoms with van der Waals surface area (Å²) in [5.74, 6) is 0. The Balaban J connectivity index is 2.61. The third-order valence-corrected chi connectivity index (χ3v) is 4.95. The fraction of sp³-hybridized carbons (Fsp3) is 0.143. The largest absolute Gasteiger partial charge is 0.223 e. The molecule has 0 fully saturated rings. The summed E-state index contributed by atoms with van der Waals surface area (Å²) in [5, 5.41) is 1.41. The van der Waals surface area contributed by atoms with Gasteiger partial charge in [0.1, 0.15) is 0 Å². The Bertz CT molecular complexity index is 657. The molecule has 0 aliphatic rings. The zero-order valence-electron chi connectivity index (χ0n) is 9.63. The molecule has 0 spiro atoms. The summed E-state index contributed by atoms with van der Waals surface area (Å²) < 4.78 is 24.3. The molecule has 0 aromatic heterocycles. The molecule has 1 unspecified atom stereocenters. The zero-order chi connectivity index (χ0) is 12.5. The molecule has 2 nitrogen and oxygen atoms in total. The summed E-state index contributed by atoms with van der Waals surface area (Å²) in [6.45, 7) is 5.17. The van der Waals surface area contributed by atoms with Crippen molar-refractivity contribution in [3.63, 3.8) is 0 Å². The van der Waals surface area contributed by atoms with Crippen LogP contribution in [0.4, 0.5) is 0 Å². The van der Waals surface area contributed by atoms with Crippen molar-refractivity contribution in [2.45, 2.75) is 17.1 Å². The maximum absolute atomic E-state index is 12.1. The van der Waals surface area contributed by atoms with E-state index in [1.165, 1.54) is 6.08 Å². The topological polar surface area (TPSA) is 34.1 Å². The van der Waals surface area contributed by atoms with Crippen molar-refractivity contribution in [2.24, 2.45) is 0 Å². The van der Waals surface area contributed by atoms with Crippen molar-refractivity contribution < 1.29 is 8.42 Å². The van der Waals surface area contributed by atoms with Gasteiger partial charge in [0.25, 0.3) is 0 Å². The number of fused-ring (bicyclic) bond motifs is 1. The first-order chi connectivity index (χ1) is 8.05. The van der Waals surface area contributed by atoms with Crippen LogP contribution in [0.2, 0.25) is 0 Å². The summed E-state index contributed by atoms with van der Waals surface area (Å²) in [6.07, 6.45) is 1.45. The highest BCUT2D eigenvalue weighted by atomic mass is 32.2. The first-order valence-corrected chi connectivity index (χ1v) is 6.95. The Morgan fingerprint density at radius 3 is 2.41 bits per heavy atom. The van der Waals surface area contributed by atoms with Gasteiger partial charge < -0.3 is 0 Å². The second-order valence-electron chi connectivity index (χ2n) is 3.99. The van der Waals surface area contributed by atoms with Gasteiger partial charge in [0.2, 0.25) is 0 Å². The summed E-state index contributed by atoms with van der Waals surface area (Å²) in [4.78, 5) is 0.351. The summed E-state index contributed by atoms with van der Waals surface area (Å²) >= 11 is 0. The minimum atomic E-state index is -3.30. The molecule has 88 valence electrons. The van der Waals surface area contributed by atoms with Gasteiger partial charge in [-0.1, -0.05) is 36.4 Å². The average Bonchev–Trinajstić information content (AvgIpc) is 2.37. The lowest BCUT2D eigenvalue weighted by atomic mass is 10.1. The van der Waals surface area contributed by atoms with Crippen LogP contribution in [-0.4, -0.2) is 13.7 Å². The molecule has 17 heavy (non-hydrogen) atoms. The molecule has 0 saturated carbocycles. The van der Waals surface area contributed by atoms with Crippen LogP contribution in [0.5, 0.6) is 0 Å². The lowest BCUT2D eigenvalue weighted by Crippen LogP contribution is -2.14. The van der Waals surface area contributed by atoms with Crippen LogP contribution in [0, 0.1) is 0 Å². The molecule has 2 aromatic carbocycles. The molecule has 3 heteroatoms. The summed E-state index contributed by atoms with van der Waals surface area (Å²) in [5.41, 5.74) is 0. The smallest absolute Gasteiger partial charge is 0.184 e. The predicted molar refractivity (Wildman–Crippen MR) is 70.8 cm³/mol. The minimum absolute atomic E-state index is 0.351. The number of hydrogen-bond acceptors (Lipinski definition) is 2. The lowest BCUT2D eigenvalue weighted by molar-refractivity contribution is 0.591. The van der Waals surface area contributed by atoms with Gasteiger partial charge in [0, 0.05) is 0 Å². The quantitative estimate of drug-likeness (QED) is 0.779. The van der Waals surface area contributed by atoms with Gasteiger partial charge in [-0.3, -0.25) is 0 Å². The van der Waals surface area contributed by atoms with Gasteiger partial charge in [0.15, 0.2) is 9.84 Å². The number of benzene rings is 2. The Morgan fingerprint density at radius 2 is 1.76 bits per heavy atom. The minimum Gasteiger partial charge on any atom is -0.223 e. The standard InChI is InChI=1S/C14H14O2S/c1-3-11(2)17(15,16)14-9-8-12-6-4-5-7-13(12)10-14/h3-11H,1H2,2H3. The SMILES string of the molecule is C=CC(C)S(=O)(=O)c1ccc2ccccc2c1. The Labute approximate surface area is 102 Å². The second-order valence-corrected chi connectivity index (χ2v) is 6.30. The van der Waals surface area contributed by atoms with Crippen LogP contribution in [0.25, 0.3) is 10.8 Å². The van der Waals surface area contributed by atoms with Crippen LogP contribution >= 0.6 is 0 Å². The number of rotatable bonds is 3. The van der Waals surface area contributed by atoms with Crippen molar-refractivity contribution in [2.75, 3.05) is 0 Å². The molecule has 0 heterocycles. The molecular formula is C14H14O2S. The third-order valence-electron chi connectivity index (χ3n) is 2.87. The Hall–Kier alpha value is -1.61. The highest BCUT2D eigenvalue weighted by molar-refractivity contribution is 7.92. The molecule has 0 saturated heterocycles. The van der Waals surface area contributed by atoms with Gasteiger partial charge in [0.05, 0.1) is 10.1 Å². The van der Waals surface area contributed by atoms with Gasteiger partial charge in [-0.2, -0.15) is 0 Å². The maximum atomic E-state index is 12.1. The fourth-order valence-electron chi connectivity index (χ4n) is 1.69. The first kappa shape index (κ1) is 11.9. The summed E-state index contributed by atoms with van der Waals surface area (Å²) in [6, 6.07) is 12.9. The molecule has 0 aliphatic heterocycles. The molecule has 2 rings (SSSR count). The highest BCUT2D eigenvalue weighted by Gasteiger charge is 2.20. The van der Waals surface area contributed by atoms with E-state index in [9.17, 15) is 8.42 Å². The van der Waals surface area contributed by atoms with Crippen LogP contribution < -0.4 is 0 Å². The van der Waals surface area contributed by atoms with E-state index in [0.717, 1.165) is 10.8 Å². The van der Waals surface area contributed by atoms with Gasteiger partial charge >= 0.3 is 0 Å². The lowest BCUT2D eigenvalue weighted by Gasteiger charge is -2.09. The molecule has 2 aromatic rings. The van der Waals surface area contributed by atoms with Crippen molar-refractivity contribution in [3.05, 3.63) is 55.1 Å². The Kier molecular flexibility index (Phi) is 3.03. The van der Waals surface area contributed by atoms with E-state index in [4.69, 9.17) is 0 Å². The van der Waals surface area contributed by atoms with Crippen molar-refractivity contribution in [1.82, 2.24) is 0 Å². The molecule has 1 atom stereocenters. The van der Waals surface area contributed by atoms with Crippen LogP contribution in [0.3, 0.4) is 0 Å². The normalized spacial score (nSPS) is 13.5. The average molecular weight is 246 g/mol. The van der Waals surface area contributed by atoms with Gasteiger partial charge in [-0.15, -0.1) is 6.58 Å². The van der Waals surface area contributed by atoms with E-state index in [2.05, 4.69) is 6.58 Å². The number of hydrogen-bond donors (Lipinski definition) is 0.